The van der Waals surface area contributed by atoms with E-state index in [1.807, 2.05) is 0 Å². The fraction of sp³-hybridized carbons (Fsp3) is 1.00. The smallest absolute Gasteiger partial charge is 0.339 e. The van der Waals surface area contributed by atoms with E-state index in [1.165, 1.54) is 0 Å². The van der Waals surface area contributed by atoms with Gasteiger partial charge in [-0.2, -0.15) is 0 Å². The van der Waals surface area contributed by atoms with Crippen LogP contribution in [0.4, 0.5) is 0 Å². The molecule has 11 nitrogen and oxygen atoms in total. The maximum atomic E-state index is 11.3. The van der Waals surface area contributed by atoms with Crippen LogP contribution in [0, 0.1) is 0 Å². The summed E-state index contributed by atoms with van der Waals surface area (Å²) in [6.07, 6.45) is 1.85. The van der Waals surface area contributed by atoms with E-state index in [1.54, 1.807) is 9.80 Å². The van der Waals surface area contributed by atoms with Gasteiger partial charge in [0, 0.05) is 26.2 Å². The Kier molecular flexibility index (Phi) is 13.2. The van der Waals surface area contributed by atoms with Gasteiger partial charge < -0.3 is 33.8 Å². The molecule has 0 saturated carbocycles. The van der Waals surface area contributed by atoms with Gasteiger partial charge in [-0.25, -0.2) is 0 Å². The molecule has 1 fully saturated rings. The van der Waals surface area contributed by atoms with Crippen LogP contribution < -0.4 is 0 Å². The molecule has 13 heteroatoms. The lowest BCUT2D eigenvalue weighted by Gasteiger charge is -2.23. The van der Waals surface area contributed by atoms with E-state index in [-0.39, 0.29) is 12.6 Å². The first-order valence-electron chi connectivity index (χ1n) is 9.43. The van der Waals surface area contributed by atoms with Crippen LogP contribution in [0.15, 0.2) is 0 Å². The first-order chi connectivity index (χ1) is 13.2. The van der Waals surface area contributed by atoms with Crippen molar-refractivity contribution in [1.29, 1.82) is 0 Å². The fourth-order valence-corrected chi connectivity index (χ4v) is 4.36. The van der Waals surface area contributed by atoms with Gasteiger partial charge in [0.25, 0.3) is 0 Å². The second-order valence-electron chi connectivity index (χ2n) is 6.75. The summed E-state index contributed by atoms with van der Waals surface area (Å²) in [5.74, 6) is 0. The molecule has 1 aliphatic heterocycles. The summed E-state index contributed by atoms with van der Waals surface area (Å²) in [4.78, 5) is 40.1. The van der Waals surface area contributed by atoms with Gasteiger partial charge in [0.05, 0.1) is 33.0 Å². The minimum Gasteiger partial charge on any atom is -0.380 e. The van der Waals surface area contributed by atoms with Crippen LogP contribution in [-0.2, 0) is 23.3 Å². The zero-order valence-electron chi connectivity index (χ0n) is 16.2. The van der Waals surface area contributed by atoms with Crippen LogP contribution in [0.1, 0.15) is 19.3 Å². The topological polar surface area (TPSA) is 149 Å². The lowest BCUT2D eigenvalue weighted by Crippen LogP contribution is -2.32. The Morgan fingerprint density at radius 3 is 1.46 bits per heavy atom. The second-order valence-corrected chi connectivity index (χ2v) is 9.97. The molecule has 0 aliphatic carbocycles. The Bertz CT molecular complexity index is 436. The largest absolute Gasteiger partial charge is 0.380 e. The molecule has 168 valence electrons. The summed E-state index contributed by atoms with van der Waals surface area (Å²) in [5, 5.41) is 0. The van der Waals surface area contributed by atoms with Crippen molar-refractivity contribution in [2.45, 2.75) is 19.3 Å². The van der Waals surface area contributed by atoms with Crippen molar-refractivity contribution < 1.29 is 42.9 Å². The van der Waals surface area contributed by atoms with E-state index in [0.717, 1.165) is 19.3 Å². The predicted octanol–water partition coefficient (Wildman–Crippen LogP) is 0.0945. The quantitative estimate of drug-likeness (QED) is 0.434. The molecule has 0 aromatic carbocycles. The molecule has 1 saturated heterocycles. The molecular weight excluding hydrogens is 414 g/mol. The molecular formula is C15H34N2O9P2. The van der Waals surface area contributed by atoms with Crippen molar-refractivity contribution >= 4 is 15.2 Å². The van der Waals surface area contributed by atoms with Gasteiger partial charge >= 0.3 is 15.2 Å². The van der Waals surface area contributed by atoms with E-state index in [0.29, 0.717) is 65.8 Å². The van der Waals surface area contributed by atoms with E-state index in [2.05, 4.69) is 0 Å². The van der Waals surface area contributed by atoms with E-state index in [9.17, 15) is 28.7 Å². The summed E-state index contributed by atoms with van der Waals surface area (Å²) >= 11 is 0. The van der Waals surface area contributed by atoms with Crippen molar-refractivity contribution in [3.8, 4) is 0 Å². The first kappa shape index (κ1) is 26.1. The fourth-order valence-electron chi connectivity index (χ4n) is 2.75. The van der Waals surface area contributed by atoms with Crippen molar-refractivity contribution in [2.24, 2.45) is 0 Å². The zero-order chi connectivity index (χ0) is 20.9. The normalized spacial score (nSPS) is 22.4. The molecule has 0 bridgehead atoms. The van der Waals surface area contributed by atoms with Crippen molar-refractivity contribution in [3.05, 3.63) is 0 Å². The molecule has 0 unspecified atom stereocenters. The Labute approximate surface area is 166 Å². The van der Waals surface area contributed by atoms with Crippen molar-refractivity contribution in [1.82, 2.24) is 9.80 Å². The highest BCUT2D eigenvalue weighted by molar-refractivity contribution is 7.51. The molecule has 0 spiro atoms. The first-order valence-corrected chi connectivity index (χ1v) is 13.0. The number of hydrogen-bond donors (Lipinski definition) is 4. The maximum Gasteiger partial charge on any atom is 0.339 e. The number of hydrogen-bond acceptors (Lipinski definition) is 7. The Morgan fingerprint density at radius 1 is 0.571 bits per heavy atom. The van der Waals surface area contributed by atoms with Gasteiger partial charge in [0.15, 0.2) is 0 Å². The molecule has 0 radical (unpaired) electrons. The third-order valence-electron chi connectivity index (χ3n) is 4.06. The number of nitrogens with zero attached hydrogens (tertiary/aromatic N) is 2. The summed E-state index contributed by atoms with van der Waals surface area (Å²) in [6, 6.07) is 0. The van der Waals surface area contributed by atoms with Crippen LogP contribution in [0.5, 0.6) is 0 Å². The Hall–Kier alpha value is 0.1000. The highest BCUT2D eigenvalue weighted by Crippen LogP contribution is 2.35. The standard InChI is InChI=1S/C15H34N2O9P2/c18-27(19,20)14-16-4-2-1-3-8-24-9-6-17(15-28(21,22)23)7-11-26-13-12-25-10-5-16/h1-15H2,(H2,18,19,20)(H2,21,22,23). The highest BCUT2D eigenvalue weighted by atomic mass is 31.2. The third-order valence-corrected chi connectivity index (χ3v) is 5.60. The summed E-state index contributed by atoms with van der Waals surface area (Å²) in [6.45, 7) is 4.01. The molecule has 0 aromatic rings. The van der Waals surface area contributed by atoms with Gasteiger partial charge in [-0.15, -0.1) is 0 Å². The summed E-state index contributed by atoms with van der Waals surface area (Å²) < 4.78 is 38.9. The molecule has 0 aromatic heterocycles. The van der Waals surface area contributed by atoms with Crippen LogP contribution in [0.3, 0.4) is 0 Å². The molecule has 0 amide bonds. The highest BCUT2D eigenvalue weighted by Gasteiger charge is 2.20. The van der Waals surface area contributed by atoms with Gasteiger partial charge in [0.2, 0.25) is 0 Å². The summed E-state index contributed by atoms with van der Waals surface area (Å²) in [7, 11) is -8.25. The van der Waals surface area contributed by atoms with E-state index in [4.69, 9.17) is 14.2 Å². The molecule has 1 rings (SSSR count). The van der Waals surface area contributed by atoms with Gasteiger partial charge in [-0.05, 0) is 25.8 Å². The van der Waals surface area contributed by atoms with Crippen molar-refractivity contribution in [3.63, 3.8) is 0 Å². The minimum atomic E-state index is -4.14. The van der Waals surface area contributed by atoms with E-state index >= 15 is 0 Å². The number of rotatable bonds is 4. The lowest BCUT2D eigenvalue weighted by atomic mass is 10.2. The maximum absolute atomic E-state index is 11.3. The predicted molar refractivity (Wildman–Crippen MR) is 103 cm³/mol. The molecule has 1 heterocycles. The van der Waals surface area contributed by atoms with Gasteiger partial charge in [-0.1, -0.05) is 0 Å². The van der Waals surface area contributed by atoms with Crippen LogP contribution in [0.2, 0.25) is 0 Å². The Morgan fingerprint density at radius 2 is 1.00 bits per heavy atom. The molecule has 1 aliphatic rings. The van der Waals surface area contributed by atoms with E-state index < -0.39 is 15.2 Å². The van der Waals surface area contributed by atoms with Crippen LogP contribution in [0.25, 0.3) is 0 Å². The average molecular weight is 448 g/mol. The zero-order valence-corrected chi connectivity index (χ0v) is 18.0. The van der Waals surface area contributed by atoms with Crippen LogP contribution in [-0.4, -0.2) is 108 Å². The van der Waals surface area contributed by atoms with Crippen LogP contribution >= 0.6 is 15.2 Å². The molecule has 28 heavy (non-hydrogen) atoms. The second kappa shape index (κ2) is 14.2. The number of ether oxygens (including phenoxy) is 3. The SMILES string of the molecule is O=P(O)(O)CN1CCCCCOCCN(CP(=O)(O)O)CCOCCOCC1. The molecule has 0 atom stereocenters. The third kappa shape index (κ3) is 16.0. The Balaban J connectivity index is 2.45. The molecule has 4 N–H and O–H groups in total. The van der Waals surface area contributed by atoms with Crippen molar-refractivity contribution in [2.75, 3.05) is 78.4 Å². The monoisotopic (exact) mass is 448 g/mol. The summed E-state index contributed by atoms with van der Waals surface area (Å²) in [5.41, 5.74) is 0. The minimum absolute atomic E-state index is 0.279. The lowest BCUT2D eigenvalue weighted by molar-refractivity contribution is 0.0285. The van der Waals surface area contributed by atoms with Gasteiger partial charge in [-0.3, -0.25) is 18.9 Å². The van der Waals surface area contributed by atoms with Gasteiger partial charge in [0.1, 0.15) is 12.6 Å². The average Bonchev–Trinajstić information content (AvgIpc) is 2.55.